The minimum atomic E-state index is -0.0441. The third-order valence-corrected chi connectivity index (χ3v) is 4.35. The van der Waals surface area contributed by atoms with Crippen LogP contribution in [0.25, 0.3) is 10.2 Å². The number of hydrogen-bond donors (Lipinski definition) is 0. The second-order valence-corrected chi connectivity index (χ2v) is 5.77. The van der Waals surface area contributed by atoms with Crippen LogP contribution in [-0.4, -0.2) is 9.55 Å². The topological polar surface area (TPSA) is 34.9 Å². The van der Waals surface area contributed by atoms with Crippen LogP contribution in [-0.2, 0) is 6.54 Å². The number of hydrogen-bond acceptors (Lipinski definition) is 3. The zero-order valence-electron chi connectivity index (χ0n) is 9.64. The Hall–Kier alpha value is -1.36. The molecule has 0 aliphatic heterocycles. The van der Waals surface area contributed by atoms with Gasteiger partial charge in [0.2, 0.25) is 0 Å². The molecule has 0 aliphatic carbocycles. The number of fused-ring (bicyclic) bond motifs is 1. The predicted octanol–water partition coefficient (Wildman–Crippen LogP) is 3.81. The first-order valence-electron chi connectivity index (χ1n) is 5.52. The van der Waals surface area contributed by atoms with Gasteiger partial charge in [-0.3, -0.25) is 9.36 Å². The molecule has 0 saturated heterocycles. The van der Waals surface area contributed by atoms with Crippen LogP contribution in [0.2, 0.25) is 10.0 Å². The fourth-order valence-corrected chi connectivity index (χ4v) is 2.88. The number of nitrogens with zero attached hydrogens (tertiary/aromatic N) is 2. The summed E-state index contributed by atoms with van der Waals surface area (Å²) < 4.78 is 1.56. The molecule has 0 spiro atoms. The molecular weight excluding hydrogens is 303 g/mol. The van der Waals surface area contributed by atoms with E-state index in [0.29, 0.717) is 22.0 Å². The number of halogens is 2. The van der Waals surface area contributed by atoms with E-state index < -0.39 is 0 Å². The summed E-state index contributed by atoms with van der Waals surface area (Å²) in [6.45, 7) is 0.425. The quantitative estimate of drug-likeness (QED) is 0.721. The van der Waals surface area contributed by atoms with Crippen molar-refractivity contribution in [1.82, 2.24) is 9.55 Å². The second-order valence-electron chi connectivity index (χ2n) is 4.07. The molecule has 3 rings (SSSR count). The molecule has 0 saturated carbocycles. The van der Waals surface area contributed by atoms with Gasteiger partial charge in [-0.2, -0.15) is 0 Å². The van der Waals surface area contributed by atoms with Crippen LogP contribution in [0.3, 0.4) is 0 Å². The minimum Gasteiger partial charge on any atom is -0.294 e. The highest BCUT2D eigenvalue weighted by Crippen LogP contribution is 2.23. The van der Waals surface area contributed by atoms with Crippen LogP contribution < -0.4 is 5.56 Å². The third kappa shape index (κ3) is 2.39. The molecule has 0 radical (unpaired) electrons. The van der Waals surface area contributed by atoms with Crippen LogP contribution in [0.4, 0.5) is 0 Å². The van der Waals surface area contributed by atoms with E-state index in [9.17, 15) is 4.79 Å². The monoisotopic (exact) mass is 310 g/mol. The van der Waals surface area contributed by atoms with Gasteiger partial charge in [0.05, 0.1) is 28.3 Å². The summed E-state index contributed by atoms with van der Waals surface area (Å²) in [5.74, 6) is 0. The van der Waals surface area contributed by atoms with E-state index in [1.165, 1.54) is 11.3 Å². The molecular formula is C13H8Cl2N2OS. The van der Waals surface area contributed by atoms with Crippen molar-refractivity contribution in [1.29, 1.82) is 0 Å². The van der Waals surface area contributed by atoms with Crippen LogP contribution >= 0.6 is 34.5 Å². The summed E-state index contributed by atoms with van der Waals surface area (Å²) in [6.07, 6.45) is 1.56. The van der Waals surface area contributed by atoms with E-state index in [2.05, 4.69) is 4.98 Å². The fourth-order valence-electron chi connectivity index (χ4n) is 1.84. The van der Waals surface area contributed by atoms with Crippen molar-refractivity contribution in [2.45, 2.75) is 6.54 Å². The Labute approximate surface area is 123 Å². The van der Waals surface area contributed by atoms with E-state index in [0.717, 1.165) is 10.4 Å². The van der Waals surface area contributed by atoms with Gasteiger partial charge in [0.25, 0.3) is 5.56 Å². The molecule has 0 aliphatic rings. The maximum Gasteiger partial charge on any atom is 0.262 e. The summed E-state index contributed by atoms with van der Waals surface area (Å²) in [4.78, 5) is 17.2. The SMILES string of the molecule is O=c1c2ccsc2ncn1Cc1ccc(Cl)c(Cl)c1. The van der Waals surface area contributed by atoms with E-state index in [4.69, 9.17) is 23.2 Å². The van der Waals surface area contributed by atoms with Gasteiger partial charge in [-0.05, 0) is 29.1 Å². The van der Waals surface area contributed by atoms with Crippen molar-refractivity contribution in [3.8, 4) is 0 Å². The molecule has 0 fully saturated rings. The standard InChI is InChI=1S/C13H8Cl2N2OS/c14-10-2-1-8(5-11(10)15)6-17-7-16-12-9(13(17)18)3-4-19-12/h1-5,7H,6H2. The zero-order chi connectivity index (χ0) is 13.4. The molecule has 0 bridgehead atoms. The first-order chi connectivity index (χ1) is 9.15. The van der Waals surface area contributed by atoms with E-state index in [1.54, 1.807) is 29.1 Å². The maximum absolute atomic E-state index is 12.2. The first kappa shape index (κ1) is 12.7. The Morgan fingerprint density at radius 1 is 1.21 bits per heavy atom. The normalized spacial score (nSPS) is 11.1. The number of benzene rings is 1. The number of aromatic nitrogens is 2. The first-order valence-corrected chi connectivity index (χ1v) is 7.15. The van der Waals surface area contributed by atoms with Crippen LogP contribution in [0.1, 0.15) is 5.56 Å². The van der Waals surface area contributed by atoms with Gasteiger partial charge in [0, 0.05) is 0 Å². The maximum atomic E-state index is 12.2. The predicted molar refractivity (Wildman–Crippen MR) is 79.4 cm³/mol. The Morgan fingerprint density at radius 3 is 2.84 bits per heavy atom. The summed E-state index contributed by atoms with van der Waals surface area (Å²) in [5.41, 5.74) is 0.866. The lowest BCUT2D eigenvalue weighted by molar-refractivity contribution is 0.749. The number of rotatable bonds is 2. The Morgan fingerprint density at radius 2 is 2.05 bits per heavy atom. The lowest BCUT2D eigenvalue weighted by Crippen LogP contribution is -2.20. The van der Waals surface area contributed by atoms with Gasteiger partial charge in [-0.15, -0.1) is 11.3 Å². The molecule has 0 unspecified atom stereocenters. The van der Waals surface area contributed by atoms with Crippen molar-refractivity contribution in [2.24, 2.45) is 0 Å². The van der Waals surface area contributed by atoms with Crippen molar-refractivity contribution < 1.29 is 0 Å². The largest absolute Gasteiger partial charge is 0.294 e. The third-order valence-electron chi connectivity index (χ3n) is 2.79. The van der Waals surface area contributed by atoms with Crippen molar-refractivity contribution in [3.63, 3.8) is 0 Å². The summed E-state index contributed by atoms with van der Waals surface area (Å²) in [5, 5.41) is 3.50. The molecule has 2 aromatic heterocycles. The van der Waals surface area contributed by atoms with Gasteiger partial charge in [-0.1, -0.05) is 29.3 Å². The average molecular weight is 311 g/mol. The highest BCUT2D eigenvalue weighted by atomic mass is 35.5. The smallest absolute Gasteiger partial charge is 0.262 e. The van der Waals surface area contributed by atoms with E-state index in [1.807, 2.05) is 11.4 Å². The highest BCUT2D eigenvalue weighted by molar-refractivity contribution is 7.16. The average Bonchev–Trinajstić information content (AvgIpc) is 2.86. The summed E-state index contributed by atoms with van der Waals surface area (Å²) >= 11 is 13.3. The molecule has 96 valence electrons. The van der Waals surface area contributed by atoms with Gasteiger partial charge < -0.3 is 0 Å². The van der Waals surface area contributed by atoms with Crippen LogP contribution in [0, 0.1) is 0 Å². The van der Waals surface area contributed by atoms with Gasteiger partial charge in [0.15, 0.2) is 0 Å². The molecule has 19 heavy (non-hydrogen) atoms. The second kappa shape index (κ2) is 4.96. The molecule has 3 nitrogen and oxygen atoms in total. The van der Waals surface area contributed by atoms with Crippen molar-refractivity contribution in [2.75, 3.05) is 0 Å². The molecule has 0 amide bonds. The number of thiophene rings is 1. The molecule has 6 heteroatoms. The lowest BCUT2D eigenvalue weighted by atomic mass is 10.2. The summed E-state index contributed by atoms with van der Waals surface area (Å²) in [7, 11) is 0. The Bertz CT molecular complexity index is 810. The van der Waals surface area contributed by atoms with E-state index >= 15 is 0 Å². The van der Waals surface area contributed by atoms with Gasteiger partial charge in [0.1, 0.15) is 4.83 Å². The molecule has 2 heterocycles. The minimum absolute atomic E-state index is 0.0441. The zero-order valence-corrected chi connectivity index (χ0v) is 12.0. The van der Waals surface area contributed by atoms with Crippen molar-refractivity contribution in [3.05, 3.63) is 61.9 Å². The molecule has 0 atom stereocenters. The van der Waals surface area contributed by atoms with E-state index in [-0.39, 0.29) is 5.56 Å². The highest BCUT2D eigenvalue weighted by Gasteiger charge is 2.06. The van der Waals surface area contributed by atoms with Gasteiger partial charge >= 0.3 is 0 Å². The summed E-state index contributed by atoms with van der Waals surface area (Å²) in [6, 6.07) is 7.12. The molecule has 3 aromatic rings. The van der Waals surface area contributed by atoms with Gasteiger partial charge in [-0.25, -0.2) is 4.98 Å². The molecule has 1 aromatic carbocycles. The Kier molecular flexibility index (Phi) is 3.31. The lowest BCUT2D eigenvalue weighted by Gasteiger charge is -2.06. The Balaban J connectivity index is 2.03. The molecule has 0 N–H and O–H groups in total. The van der Waals surface area contributed by atoms with Crippen LogP contribution in [0.15, 0.2) is 40.8 Å². The van der Waals surface area contributed by atoms with Crippen molar-refractivity contribution >= 4 is 44.8 Å². The fraction of sp³-hybridized carbons (Fsp3) is 0.0769. The van der Waals surface area contributed by atoms with Crippen LogP contribution in [0.5, 0.6) is 0 Å².